The lowest BCUT2D eigenvalue weighted by molar-refractivity contribution is -0.121. The number of aromatic nitrogens is 1. The molecule has 1 aliphatic rings. The number of pyridine rings is 1. The van der Waals surface area contributed by atoms with Gasteiger partial charge in [0.15, 0.2) is 0 Å². The molecule has 1 unspecified atom stereocenters. The number of ether oxygens (including phenoxy) is 1. The summed E-state index contributed by atoms with van der Waals surface area (Å²) in [6.07, 6.45) is 2.95. The molecule has 0 spiro atoms. The highest BCUT2D eigenvalue weighted by atomic mass is 35.5. The summed E-state index contributed by atoms with van der Waals surface area (Å²) in [4.78, 5) is 15.4. The van der Waals surface area contributed by atoms with Gasteiger partial charge >= 0.3 is 0 Å². The van der Waals surface area contributed by atoms with E-state index in [4.69, 9.17) is 16.3 Å². The average Bonchev–Trinajstić information content (AvgIpc) is 2.83. The second-order valence-electron chi connectivity index (χ2n) is 4.61. The second-order valence-corrected chi connectivity index (χ2v) is 6.72. The number of hydrogen-bond acceptors (Lipinski definition) is 5. The molecule has 110 valence electrons. The molecule has 0 radical (unpaired) electrons. The SMILES string of the molecule is O=C(CC1CCCO1)NS(=O)(=O)Cc1ccc(Cl)nc1. The van der Waals surface area contributed by atoms with Gasteiger partial charge in [0.2, 0.25) is 15.9 Å². The van der Waals surface area contributed by atoms with Crippen LogP contribution in [-0.2, 0) is 25.3 Å². The lowest BCUT2D eigenvalue weighted by atomic mass is 10.2. The number of hydrogen-bond donors (Lipinski definition) is 1. The van der Waals surface area contributed by atoms with Gasteiger partial charge in [0.25, 0.3) is 0 Å². The zero-order valence-corrected chi connectivity index (χ0v) is 12.3. The van der Waals surface area contributed by atoms with Crippen LogP contribution in [0.4, 0.5) is 0 Å². The van der Waals surface area contributed by atoms with E-state index in [1.807, 2.05) is 4.72 Å². The van der Waals surface area contributed by atoms with Crippen LogP contribution in [0.1, 0.15) is 24.8 Å². The summed E-state index contributed by atoms with van der Waals surface area (Å²) in [5, 5.41) is 0.286. The smallest absolute Gasteiger partial charge is 0.239 e. The van der Waals surface area contributed by atoms with Crippen molar-refractivity contribution >= 4 is 27.5 Å². The normalized spacial score (nSPS) is 18.9. The first-order valence-electron chi connectivity index (χ1n) is 6.20. The maximum atomic E-state index is 11.8. The van der Waals surface area contributed by atoms with Crippen LogP contribution in [0.25, 0.3) is 0 Å². The lowest BCUT2D eigenvalue weighted by Crippen LogP contribution is -2.33. The molecule has 8 heteroatoms. The van der Waals surface area contributed by atoms with Crippen LogP contribution in [-0.4, -0.2) is 32.0 Å². The molecule has 1 amide bonds. The van der Waals surface area contributed by atoms with Gasteiger partial charge in [-0.1, -0.05) is 17.7 Å². The summed E-state index contributed by atoms with van der Waals surface area (Å²) in [5.41, 5.74) is 0.465. The van der Waals surface area contributed by atoms with Crippen LogP contribution in [0, 0.1) is 0 Å². The topological polar surface area (TPSA) is 85.4 Å². The number of carbonyl (C=O) groups excluding carboxylic acids is 1. The molecule has 0 bridgehead atoms. The molecule has 1 N–H and O–H groups in total. The first-order valence-corrected chi connectivity index (χ1v) is 8.23. The van der Waals surface area contributed by atoms with E-state index >= 15 is 0 Å². The number of amides is 1. The molecule has 1 aromatic rings. The van der Waals surface area contributed by atoms with E-state index < -0.39 is 15.9 Å². The number of sulfonamides is 1. The van der Waals surface area contributed by atoms with E-state index in [9.17, 15) is 13.2 Å². The first kappa shape index (κ1) is 15.2. The number of carbonyl (C=O) groups is 1. The van der Waals surface area contributed by atoms with Crippen molar-refractivity contribution in [2.75, 3.05) is 6.61 Å². The Morgan fingerprint density at radius 1 is 1.50 bits per heavy atom. The maximum Gasteiger partial charge on any atom is 0.239 e. The van der Waals surface area contributed by atoms with Crippen LogP contribution in [0.3, 0.4) is 0 Å². The average molecular weight is 319 g/mol. The predicted molar refractivity (Wildman–Crippen MR) is 73.6 cm³/mol. The highest BCUT2D eigenvalue weighted by Gasteiger charge is 2.22. The zero-order valence-electron chi connectivity index (χ0n) is 10.7. The summed E-state index contributed by atoms with van der Waals surface area (Å²) in [5.74, 6) is -0.854. The van der Waals surface area contributed by atoms with Gasteiger partial charge < -0.3 is 4.74 Å². The fourth-order valence-corrected chi connectivity index (χ4v) is 3.20. The minimum Gasteiger partial charge on any atom is -0.378 e. The number of nitrogens with zero attached hydrogens (tertiary/aromatic N) is 1. The van der Waals surface area contributed by atoms with Crippen molar-refractivity contribution in [1.29, 1.82) is 0 Å². The molecule has 1 saturated heterocycles. The van der Waals surface area contributed by atoms with E-state index in [1.54, 1.807) is 6.07 Å². The van der Waals surface area contributed by atoms with Crippen molar-refractivity contribution in [2.45, 2.75) is 31.1 Å². The molecule has 20 heavy (non-hydrogen) atoms. The summed E-state index contributed by atoms with van der Waals surface area (Å²) in [7, 11) is -3.73. The molecule has 0 aliphatic carbocycles. The second kappa shape index (κ2) is 6.51. The highest BCUT2D eigenvalue weighted by molar-refractivity contribution is 7.89. The zero-order chi connectivity index (χ0) is 14.6. The summed E-state index contributed by atoms with van der Waals surface area (Å²) in [6.45, 7) is 0.626. The minimum absolute atomic E-state index is 0.0676. The Morgan fingerprint density at radius 2 is 2.30 bits per heavy atom. The first-order chi connectivity index (χ1) is 9.44. The highest BCUT2D eigenvalue weighted by Crippen LogP contribution is 2.15. The third-order valence-corrected chi connectivity index (χ3v) is 4.33. The van der Waals surface area contributed by atoms with Gasteiger partial charge in [0.1, 0.15) is 5.15 Å². The summed E-state index contributed by atoms with van der Waals surface area (Å²) >= 11 is 5.62. The standard InChI is InChI=1S/C12H15ClN2O4S/c13-11-4-3-9(7-14-11)8-20(17,18)15-12(16)6-10-2-1-5-19-10/h3-4,7,10H,1-2,5-6,8H2,(H,15,16). The van der Waals surface area contributed by atoms with Crippen molar-refractivity contribution in [3.8, 4) is 0 Å². The van der Waals surface area contributed by atoms with Crippen LogP contribution < -0.4 is 4.72 Å². The molecule has 1 aliphatic heterocycles. The quantitative estimate of drug-likeness (QED) is 0.826. The Kier molecular flexibility index (Phi) is 4.95. The van der Waals surface area contributed by atoms with Crippen LogP contribution in [0.5, 0.6) is 0 Å². The molecular formula is C12H15ClN2O4S. The van der Waals surface area contributed by atoms with Gasteiger partial charge in [-0.3, -0.25) is 9.52 Å². The van der Waals surface area contributed by atoms with Crippen molar-refractivity contribution in [3.63, 3.8) is 0 Å². The fraction of sp³-hybridized carbons (Fsp3) is 0.500. The molecular weight excluding hydrogens is 304 g/mol. The van der Waals surface area contributed by atoms with Crippen molar-refractivity contribution in [3.05, 3.63) is 29.0 Å². The molecule has 2 rings (SSSR count). The van der Waals surface area contributed by atoms with Gasteiger partial charge in [-0.15, -0.1) is 0 Å². The maximum absolute atomic E-state index is 11.8. The van der Waals surface area contributed by atoms with Gasteiger partial charge in [0.05, 0.1) is 18.3 Å². The third-order valence-electron chi connectivity index (χ3n) is 2.85. The van der Waals surface area contributed by atoms with E-state index in [0.29, 0.717) is 12.2 Å². The van der Waals surface area contributed by atoms with E-state index in [0.717, 1.165) is 12.8 Å². The lowest BCUT2D eigenvalue weighted by Gasteiger charge is -2.10. The Bertz CT molecular complexity index is 568. The van der Waals surface area contributed by atoms with Crippen LogP contribution in [0.15, 0.2) is 18.3 Å². The van der Waals surface area contributed by atoms with E-state index in [2.05, 4.69) is 4.98 Å². The number of halogens is 1. The van der Waals surface area contributed by atoms with Crippen LogP contribution >= 0.6 is 11.6 Å². The van der Waals surface area contributed by atoms with E-state index in [-0.39, 0.29) is 23.4 Å². The number of rotatable bonds is 5. The van der Waals surface area contributed by atoms with Gasteiger partial charge in [-0.2, -0.15) is 0 Å². The van der Waals surface area contributed by atoms with Crippen molar-refractivity contribution < 1.29 is 17.9 Å². The molecule has 1 fully saturated rings. The summed E-state index contributed by atoms with van der Waals surface area (Å²) < 4.78 is 31.0. The Labute approximate surface area is 122 Å². The largest absolute Gasteiger partial charge is 0.378 e. The van der Waals surface area contributed by atoms with Gasteiger partial charge in [-0.05, 0) is 24.5 Å². The van der Waals surface area contributed by atoms with Gasteiger partial charge in [0, 0.05) is 12.8 Å². The number of nitrogens with one attached hydrogen (secondary N) is 1. The van der Waals surface area contributed by atoms with E-state index in [1.165, 1.54) is 12.3 Å². The summed E-state index contributed by atoms with van der Waals surface area (Å²) in [6, 6.07) is 3.06. The van der Waals surface area contributed by atoms with Crippen LogP contribution in [0.2, 0.25) is 5.15 Å². The molecule has 0 saturated carbocycles. The monoisotopic (exact) mass is 318 g/mol. The fourth-order valence-electron chi connectivity index (χ4n) is 1.97. The molecule has 1 atom stereocenters. The van der Waals surface area contributed by atoms with Crippen molar-refractivity contribution in [1.82, 2.24) is 9.71 Å². The van der Waals surface area contributed by atoms with Gasteiger partial charge in [-0.25, -0.2) is 13.4 Å². The minimum atomic E-state index is -3.73. The Hall–Kier alpha value is -1.18. The predicted octanol–water partition coefficient (Wildman–Crippen LogP) is 1.25. The van der Waals surface area contributed by atoms with Crippen molar-refractivity contribution in [2.24, 2.45) is 0 Å². The Morgan fingerprint density at radius 3 is 2.90 bits per heavy atom. The molecule has 0 aromatic carbocycles. The third kappa shape index (κ3) is 4.73. The Balaban J connectivity index is 1.89. The molecule has 1 aromatic heterocycles. The molecule has 2 heterocycles. The molecule has 6 nitrogen and oxygen atoms in total.